The van der Waals surface area contributed by atoms with Crippen molar-refractivity contribution >= 4 is 34.9 Å². The lowest BCUT2D eigenvalue weighted by molar-refractivity contribution is -0.118. The summed E-state index contributed by atoms with van der Waals surface area (Å²) < 4.78 is 13.2. The minimum absolute atomic E-state index is 0.0816. The molecule has 0 aromatic carbocycles. The maximum Gasteiger partial charge on any atom is 0.247 e. The summed E-state index contributed by atoms with van der Waals surface area (Å²) in [5.41, 5.74) is 0.449. The number of hydrogen-bond acceptors (Lipinski definition) is 6. The first-order valence-corrected chi connectivity index (χ1v) is 7.47. The first kappa shape index (κ1) is 15.7. The highest BCUT2D eigenvalue weighted by Crippen LogP contribution is 2.38. The van der Waals surface area contributed by atoms with Crippen LogP contribution in [-0.2, 0) is 4.79 Å². The van der Waals surface area contributed by atoms with Crippen molar-refractivity contribution in [3.05, 3.63) is 24.3 Å². The van der Waals surface area contributed by atoms with Gasteiger partial charge in [0.2, 0.25) is 11.8 Å². The molecule has 2 aromatic rings. The zero-order chi connectivity index (χ0) is 15.6. The molecule has 1 unspecified atom stereocenters. The maximum atomic E-state index is 13.2. The Morgan fingerprint density at radius 2 is 2.29 bits per heavy atom. The molecule has 2 heterocycles. The Morgan fingerprint density at radius 3 is 2.90 bits per heavy atom. The number of carbonyl (C=O) groups excluding carboxylic acids is 1. The van der Waals surface area contributed by atoms with Crippen molar-refractivity contribution in [2.75, 3.05) is 11.9 Å². The van der Waals surface area contributed by atoms with Crippen LogP contribution >= 0.6 is 24.0 Å². The van der Waals surface area contributed by atoms with Gasteiger partial charge in [-0.25, -0.2) is 4.39 Å². The van der Waals surface area contributed by atoms with Crippen molar-refractivity contribution < 1.29 is 14.3 Å². The first-order chi connectivity index (χ1) is 9.88. The van der Waals surface area contributed by atoms with Crippen molar-refractivity contribution in [2.24, 2.45) is 0 Å². The van der Waals surface area contributed by atoms with Gasteiger partial charge in [0.25, 0.3) is 0 Å². The normalized spacial score (nSPS) is 12.2. The van der Waals surface area contributed by atoms with Crippen molar-refractivity contribution in [1.82, 2.24) is 9.97 Å². The van der Waals surface area contributed by atoms with Crippen LogP contribution in [0, 0.1) is 5.82 Å². The lowest BCUT2D eigenvalue weighted by Crippen LogP contribution is -2.27. The summed E-state index contributed by atoms with van der Waals surface area (Å²) in [5, 5.41) is 10.5. The summed E-state index contributed by atoms with van der Waals surface area (Å²) in [6.07, 6.45) is 2.78. The lowest BCUT2D eigenvalue weighted by Gasteiger charge is -2.15. The number of aromatic hydroxyl groups is 1. The molecule has 0 aliphatic heterocycles. The van der Waals surface area contributed by atoms with Gasteiger partial charge < -0.3 is 10.0 Å². The zero-order valence-electron chi connectivity index (χ0n) is 11.4. The molecule has 2 aromatic heterocycles. The fraction of sp³-hybridized carbons (Fsp3) is 0.308. The number of anilines is 1. The van der Waals surface area contributed by atoms with Gasteiger partial charge in [-0.15, -0.1) is 0 Å². The van der Waals surface area contributed by atoms with Gasteiger partial charge in [0.15, 0.2) is 5.00 Å². The van der Waals surface area contributed by atoms with Crippen LogP contribution in [0.1, 0.15) is 13.3 Å². The molecule has 5 nitrogen and oxygen atoms in total. The Hall–Kier alpha value is -1.67. The molecule has 112 valence electrons. The second-order valence-corrected chi connectivity index (χ2v) is 6.40. The van der Waals surface area contributed by atoms with Crippen molar-refractivity contribution in [3.8, 4) is 16.5 Å². The monoisotopic (exact) mass is 327 g/mol. The van der Waals surface area contributed by atoms with Crippen molar-refractivity contribution in [3.63, 3.8) is 0 Å². The second kappa shape index (κ2) is 6.40. The number of thiol groups is 1. The molecule has 1 N–H and O–H groups in total. The summed E-state index contributed by atoms with van der Waals surface area (Å²) in [4.78, 5) is 21.0. The van der Waals surface area contributed by atoms with Crippen LogP contribution in [0.3, 0.4) is 0 Å². The van der Waals surface area contributed by atoms with Gasteiger partial charge in [-0.2, -0.15) is 17.6 Å². The van der Waals surface area contributed by atoms with E-state index in [1.165, 1.54) is 17.2 Å². The van der Waals surface area contributed by atoms with Gasteiger partial charge in [0.05, 0.1) is 6.20 Å². The standard InChI is InChI=1S/C13H14FN3O2S2/c1-7(20)3-10(18)17(2)13-11(19)16-12(21-13)8-4-9(14)6-15-5-8/h4-7,19-20H,3H2,1-2H3. The van der Waals surface area contributed by atoms with E-state index in [0.29, 0.717) is 15.6 Å². The van der Waals surface area contributed by atoms with Crippen LogP contribution < -0.4 is 4.90 Å². The number of hydrogen-bond donors (Lipinski definition) is 2. The van der Waals surface area contributed by atoms with E-state index in [1.54, 1.807) is 7.05 Å². The first-order valence-electron chi connectivity index (χ1n) is 6.14. The molecule has 0 saturated heterocycles. The highest BCUT2D eigenvalue weighted by Gasteiger charge is 2.21. The average molecular weight is 327 g/mol. The molecule has 2 rings (SSSR count). The van der Waals surface area contributed by atoms with E-state index in [1.807, 2.05) is 6.92 Å². The second-order valence-electron chi connectivity index (χ2n) is 4.55. The van der Waals surface area contributed by atoms with E-state index in [2.05, 4.69) is 22.6 Å². The number of aromatic nitrogens is 2. The van der Waals surface area contributed by atoms with E-state index in [9.17, 15) is 14.3 Å². The van der Waals surface area contributed by atoms with E-state index >= 15 is 0 Å². The summed E-state index contributed by atoms with van der Waals surface area (Å²) in [6.45, 7) is 1.81. The fourth-order valence-corrected chi connectivity index (χ4v) is 2.75. The summed E-state index contributed by atoms with van der Waals surface area (Å²) >= 11 is 5.27. The van der Waals surface area contributed by atoms with E-state index in [0.717, 1.165) is 17.5 Å². The highest BCUT2D eigenvalue weighted by atomic mass is 32.1. The van der Waals surface area contributed by atoms with Crippen LogP contribution in [0.15, 0.2) is 18.5 Å². The molecule has 1 atom stereocenters. The van der Waals surface area contributed by atoms with Crippen LogP contribution in [0.25, 0.3) is 10.6 Å². The third-order valence-electron chi connectivity index (χ3n) is 2.69. The summed E-state index contributed by atoms with van der Waals surface area (Å²) in [5.74, 6) is -0.931. The minimum Gasteiger partial charge on any atom is -0.491 e. The number of carbonyl (C=O) groups is 1. The molecule has 8 heteroatoms. The van der Waals surface area contributed by atoms with E-state index < -0.39 is 5.82 Å². The third-order valence-corrected chi connectivity index (χ3v) is 4.05. The van der Waals surface area contributed by atoms with Crippen LogP contribution in [-0.4, -0.2) is 33.3 Å². The molecule has 21 heavy (non-hydrogen) atoms. The lowest BCUT2D eigenvalue weighted by atomic mass is 10.3. The minimum atomic E-state index is -0.489. The Bertz CT molecular complexity index is 661. The van der Waals surface area contributed by atoms with Gasteiger partial charge in [0.1, 0.15) is 10.8 Å². The maximum absolute atomic E-state index is 13.2. The Morgan fingerprint density at radius 1 is 1.57 bits per heavy atom. The van der Waals surface area contributed by atoms with Crippen molar-refractivity contribution in [2.45, 2.75) is 18.6 Å². The molecule has 1 amide bonds. The predicted molar refractivity (Wildman–Crippen MR) is 83.4 cm³/mol. The van der Waals surface area contributed by atoms with Crippen molar-refractivity contribution in [1.29, 1.82) is 0 Å². The molecule has 0 saturated carbocycles. The topological polar surface area (TPSA) is 66.3 Å². The third kappa shape index (κ3) is 3.70. The number of halogens is 1. The van der Waals surface area contributed by atoms with E-state index in [-0.39, 0.29) is 23.5 Å². The number of nitrogens with zero attached hydrogens (tertiary/aromatic N) is 3. The molecule has 0 spiro atoms. The number of amides is 1. The molecule has 0 aliphatic rings. The molecule has 0 bridgehead atoms. The summed E-state index contributed by atoms with van der Waals surface area (Å²) in [7, 11) is 1.55. The van der Waals surface area contributed by atoms with Gasteiger partial charge >= 0.3 is 0 Å². The Balaban J connectivity index is 2.29. The van der Waals surface area contributed by atoms with Crippen LogP contribution in [0.4, 0.5) is 9.39 Å². The molecular weight excluding hydrogens is 313 g/mol. The molecule has 0 radical (unpaired) electrons. The number of thiazole rings is 1. The molecular formula is C13H14FN3O2S2. The van der Waals surface area contributed by atoms with Gasteiger partial charge in [-0.3, -0.25) is 9.78 Å². The Labute approximate surface area is 130 Å². The fourth-order valence-electron chi connectivity index (χ4n) is 1.68. The predicted octanol–water partition coefficient (Wildman–Crippen LogP) is 2.72. The van der Waals surface area contributed by atoms with Gasteiger partial charge in [0, 0.05) is 30.5 Å². The van der Waals surface area contributed by atoms with Gasteiger partial charge in [-0.05, 0) is 6.07 Å². The molecule has 0 aliphatic carbocycles. The SMILES string of the molecule is CC(S)CC(=O)N(C)c1sc(-c2cncc(F)c2)nc1O. The van der Waals surface area contributed by atoms with Crippen LogP contribution in [0.5, 0.6) is 5.88 Å². The number of rotatable bonds is 4. The number of pyridine rings is 1. The smallest absolute Gasteiger partial charge is 0.247 e. The average Bonchev–Trinajstić information content (AvgIpc) is 2.79. The highest BCUT2D eigenvalue weighted by molar-refractivity contribution is 7.80. The van der Waals surface area contributed by atoms with Gasteiger partial charge in [-0.1, -0.05) is 18.3 Å². The Kier molecular flexibility index (Phi) is 4.79. The molecule has 0 fully saturated rings. The van der Waals surface area contributed by atoms with E-state index in [4.69, 9.17) is 0 Å². The zero-order valence-corrected chi connectivity index (χ0v) is 13.2. The largest absolute Gasteiger partial charge is 0.491 e. The summed E-state index contributed by atoms with van der Waals surface area (Å²) in [6, 6.07) is 1.27. The van der Waals surface area contributed by atoms with Crippen LogP contribution in [0.2, 0.25) is 0 Å². The quantitative estimate of drug-likeness (QED) is 0.848.